The second-order valence-corrected chi connectivity index (χ2v) is 8.31. The molecular formula is C15H21Cl2NS2. The number of hydrogen-bond donors (Lipinski definition) is 1. The van der Waals surface area contributed by atoms with Crippen molar-refractivity contribution in [3.8, 4) is 0 Å². The maximum Gasteiger partial charge on any atom is 0.0595 e. The molecule has 2 unspecified atom stereocenters. The van der Waals surface area contributed by atoms with Crippen LogP contribution in [-0.2, 0) is 6.42 Å². The van der Waals surface area contributed by atoms with Crippen LogP contribution in [0.4, 0.5) is 0 Å². The molecule has 1 fully saturated rings. The highest BCUT2D eigenvalue weighted by molar-refractivity contribution is 8.06. The molecule has 0 bridgehead atoms. The molecule has 1 nitrogen and oxygen atoms in total. The molecule has 20 heavy (non-hydrogen) atoms. The highest BCUT2D eigenvalue weighted by atomic mass is 35.5. The Bertz CT molecular complexity index is 422. The highest BCUT2D eigenvalue weighted by Gasteiger charge is 2.24. The van der Waals surface area contributed by atoms with Crippen LogP contribution in [0.2, 0.25) is 10.0 Å². The van der Waals surface area contributed by atoms with Crippen molar-refractivity contribution >= 4 is 46.7 Å². The van der Waals surface area contributed by atoms with Crippen LogP contribution in [-0.4, -0.2) is 35.1 Å². The molecule has 0 spiro atoms. The normalized spacial score (nSPS) is 20.9. The maximum atomic E-state index is 6.13. The van der Waals surface area contributed by atoms with Gasteiger partial charge in [-0.05, 0) is 37.1 Å². The Labute approximate surface area is 140 Å². The van der Waals surface area contributed by atoms with Gasteiger partial charge in [-0.3, -0.25) is 0 Å². The first-order valence-corrected chi connectivity index (χ1v) is 10.0. The summed E-state index contributed by atoms with van der Waals surface area (Å²) >= 11 is 16.3. The minimum Gasteiger partial charge on any atom is -0.313 e. The van der Waals surface area contributed by atoms with Crippen LogP contribution in [0.1, 0.15) is 18.9 Å². The fourth-order valence-corrected chi connectivity index (χ4v) is 5.53. The number of nitrogens with one attached hydrogen (secondary N) is 1. The van der Waals surface area contributed by atoms with Gasteiger partial charge in [0.05, 0.1) is 10.0 Å². The summed E-state index contributed by atoms with van der Waals surface area (Å²) in [6.07, 6.45) is 2.19. The summed E-state index contributed by atoms with van der Waals surface area (Å²) < 4.78 is 0. The topological polar surface area (TPSA) is 12.0 Å². The number of thioether (sulfide) groups is 2. The third-order valence-corrected chi connectivity index (χ3v) is 7.05. The molecule has 1 N–H and O–H groups in total. The van der Waals surface area contributed by atoms with Gasteiger partial charge in [0, 0.05) is 28.6 Å². The monoisotopic (exact) mass is 349 g/mol. The van der Waals surface area contributed by atoms with Crippen molar-refractivity contribution in [2.75, 3.05) is 23.8 Å². The molecule has 1 aromatic carbocycles. The van der Waals surface area contributed by atoms with Crippen molar-refractivity contribution in [1.82, 2.24) is 5.32 Å². The van der Waals surface area contributed by atoms with Crippen molar-refractivity contribution in [1.29, 1.82) is 0 Å². The zero-order valence-electron chi connectivity index (χ0n) is 11.7. The van der Waals surface area contributed by atoms with Crippen molar-refractivity contribution < 1.29 is 0 Å². The summed E-state index contributed by atoms with van der Waals surface area (Å²) in [7, 11) is 0. The Morgan fingerprint density at radius 3 is 2.80 bits per heavy atom. The highest BCUT2D eigenvalue weighted by Crippen LogP contribution is 2.29. The smallest absolute Gasteiger partial charge is 0.0595 e. The van der Waals surface area contributed by atoms with E-state index in [0.717, 1.165) is 13.0 Å². The molecule has 1 aromatic rings. The van der Waals surface area contributed by atoms with E-state index in [9.17, 15) is 0 Å². The Hall–Kier alpha value is 0.460. The average Bonchev–Trinajstić information content (AvgIpc) is 2.48. The maximum absolute atomic E-state index is 6.13. The zero-order valence-corrected chi connectivity index (χ0v) is 14.8. The molecule has 5 heteroatoms. The largest absolute Gasteiger partial charge is 0.313 e. The van der Waals surface area contributed by atoms with E-state index < -0.39 is 0 Å². The first-order chi connectivity index (χ1) is 9.70. The molecule has 1 aliphatic rings. The molecule has 0 aromatic heterocycles. The van der Waals surface area contributed by atoms with Gasteiger partial charge in [-0.2, -0.15) is 23.5 Å². The lowest BCUT2D eigenvalue weighted by atomic mass is 10.0. The minimum absolute atomic E-state index is 0.519. The van der Waals surface area contributed by atoms with Gasteiger partial charge in [0.2, 0.25) is 0 Å². The molecule has 1 saturated heterocycles. The summed E-state index contributed by atoms with van der Waals surface area (Å²) in [6.45, 7) is 3.29. The molecule has 2 atom stereocenters. The Kier molecular flexibility index (Phi) is 7.40. The number of hydrogen-bond acceptors (Lipinski definition) is 3. The summed E-state index contributed by atoms with van der Waals surface area (Å²) in [5.41, 5.74) is 1.27. The SMILES string of the molecule is CCCNC(Cc1ccc(Cl)c(Cl)c1)C1CSCCS1. The van der Waals surface area contributed by atoms with E-state index in [1.807, 2.05) is 12.1 Å². The molecule has 0 aliphatic carbocycles. The van der Waals surface area contributed by atoms with Crippen molar-refractivity contribution in [3.05, 3.63) is 33.8 Å². The lowest BCUT2D eigenvalue weighted by Crippen LogP contribution is -2.43. The van der Waals surface area contributed by atoms with Crippen molar-refractivity contribution in [2.24, 2.45) is 0 Å². The van der Waals surface area contributed by atoms with Gasteiger partial charge in [0.1, 0.15) is 0 Å². The van der Waals surface area contributed by atoms with E-state index in [-0.39, 0.29) is 0 Å². The number of benzene rings is 1. The third-order valence-electron chi connectivity index (χ3n) is 3.39. The predicted molar refractivity (Wildman–Crippen MR) is 95.8 cm³/mol. The predicted octanol–water partition coefficient (Wildman–Crippen LogP) is 4.75. The van der Waals surface area contributed by atoms with E-state index >= 15 is 0 Å². The Morgan fingerprint density at radius 1 is 1.30 bits per heavy atom. The molecule has 1 heterocycles. The van der Waals surface area contributed by atoms with Gasteiger partial charge in [-0.25, -0.2) is 0 Å². The van der Waals surface area contributed by atoms with E-state index in [0.29, 0.717) is 21.3 Å². The van der Waals surface area contributed by atoms with Crippen LogP contribution in [0.25, 0.3) is 0 Å². The van der Waals surface area contributed by atoms with Crippen LogP contribution in [0, 0.1) is 0 Å². The van der Waals surface area contributed by atoms with Crippen LogP contribution in [0.15, 0.2) is 18.2 Å². The summed E-state index contributed by atoms with van der Waals surface area (Å²) in [5, 5.41) is 5.69. The Balaban J connectivity index is 2.03. The number of halogens is 2. The molecule has 0 amide bonds. The van der Waals surface area contributed by atoms with Gasteiger partial charge in [-0.1, -0.05) is 36.2 Å². The standard InChI is InChI=1S/C15H21Cl2NS2/c1-2-5-18-14(15-10-19-6-7-20-15)9-11-3-4-12(16)13(17)8-11/h3-4,8,14-15,18H,2,5-7,9-10H2,1H3. The fraction of sp³-hybridized carbons (Fsp3) is 0.600. The van der Waals surface area contributed by atoms with Crippen LogP contribution in [0.5, 0.6) is 0 Å². The van der Waals surface area contributed by atoms with Gasteiger partial charge in [0.15, 0.2) is 0 Å². The van der Waals surface area contributed by atoms with Crippen LogP contribution < -0.4 is 5.32 Å². The van der Waals surface area contributed by atoms with Crippen LogP contribution in [0.3, 0.4) is 0 Å². The quantitative estimate of drug-likeness (QED) is 0.795. The molecule has 0 saturated carbocycles. The second-order valence-electron chi connectivity index (χ2n) is 5.00. The van der Waals surface area contributed by atoms with Crippen molar-refractivity contribution in [2.45, 2.75) is 31.1 Å². The minimum atomic E-state index is 0.519. The van der Waals surface area contributed by atoms with Gasteiger partial charge in [0.25, 0.3) is 0 Å². The lowest BCUT2D eigenvalue weighted by Gasteiger charge is -2.30. The number of rotatable bonds is 6. The zero-order chi connectivity index (χ0) is 14.4. The summed E-state index contributed by atoms with van der Waals surface area (Å²) in [6, 6.07) is 6.52. The lowest BCUT2D eigenvalue weighted by molar-refractivity contribution is 0.506. The van der Waals surface area contributed by atoms with E-state index in [1.54, 1.807) is 0 Å². The van der Waals surface area contributed by atoms with E-state index in [2.05, 4.69) is 41.8 Å². The van der Waals surface area contributed by atoms with Gasteiger partial charge in [-0.15, -0.1) is 0 Å². The van der Waals surface area contributed by atoms with E-state index in [1.165, 1.54) is 29.2 Å². The van der Waals surface area contributed by atoms with Crippen molar-refractivity contribution in [3.63, 3.8) is 0 Å². The molecule has 2 rings (SSSR count). The van der Waals surface area contributed by atoms with Gasteiger partial charge < -0.3 is 5.32 Å². The first kappa shape index (κ1) is 16.8. The third kappa shape index (κ3) is 5.03. The van der Waals surface area contributed by atoms with E-state index in [4.69, 9.17) is 23.2 Å². The molecule has 112 valence electrons. The molecule has 1 aliphatic heterocycles. The fourth-order valence-electron chi connectivity index (χ4n) is 2.32. The molecule has 0 radical (unpaired) electrons. The molecular weight excluding hydrogens is 329 g/mol. The van der Waals surface area contributed by atoms with Gasteiger partial charge >= 0.3 is 0 Å². The van der Waals surface area contributed by atoms with Crippen LogP contribution >= 0.6 is 46.7 Å². The second kappa shape index (κ2) is 8.79. The average molecular weight is 350 g/mol. The first-order valence-electron chi connectivity index (χ1n) is 7.07. The summed E-state index contributed by atoms with van der Waals surface area (Å²) in [4.78, 5) is 0. The Morgan fingerprint density at radius 2 is 2.15 bits per heavy atom. The summed E-state index contributed by atoms with van der Waals surface area (Å²) in [5.74, 6) is 3.79.